The maximum Gasteiger partial charge on any atom is 0.240 e. The minimum Gasteiger partial charge on any atom is -0.396 e. The van der Waals surface area contributed by atoms with Gasteiger partial charge in [-0.05, 0) is 37.0 Å². The van der Waals surface area contributed by atoms with Gasteiger partial charge in [-0.2, -0.15) is 0 Å². The molecule has 0 heterocycles. The van der Waals surface area contributed by atoms with Gasteiger partial charge in [0.05, 0.1) is 14.9 Å². The fraction of sp³-hybridized carbons (Fsp3) is 0.538. The molecule has 1 aromatic carbocycles. The topological polar surface area (TPSA) is 66.4 Å². The summed E-state index contributed by atoms with van der Waals surface area (Å²) in [5.41, 5.74) is 0. The molecule has 0 bridgehead atoms. The summed E-state index contributed by atoms with van der Waals surface area (Å²) < 4.78 is 26.8. The van der Waals surface area contributed by atoms with E-state index in [0.717, 1.165) is 12.8 Å². The summed E-state index contributed by atoms with van der Waals surface area (Å²) in [6, 6.07) is 4.19. The molecule has 0 spiro atoms. The molecule has 4 nitrogen and oxygen atoms in total. The molecule has 2 N–H and O–H groups in total. The number of benzene rings is 1. The third kappa shape index (κ3) is 5.22. The Hall–Kier alpha value is -0.330. The second-order valence-corrected chi connectivity index (χ2v) is 7.18. The highest BCUT2D eigenvalue weighted by Crippen LogP contribution is 2.24. The molecular formula is C13H19Cl2NO3S. The van der Waals surface area contributed by atoms with Crippen LogP contribution in [0.15, 0.2) is 23.1 Å². The van der Waals surface area contributed by atoms with Crippen molar-refractivity contribution in [2.45, 2.75) is 31.1 Å². The number of aliphatic hydroxyl groups is 1. The van der Waals surface area contributed by atoms with Crippen LogP contribution in [0.1, 0.15) is 26.2 Å². The number of rotatable bonds is 8. The van der Waals surface area contributed by atoms with Crippen molar-refractivity contribution >= 4 is 33.2 Å². The lowest BCUT2D eigenvalue weighted by atomic mass is 10.0. The molecule has 0 saturated heterocycles. The lowest BCUT2D eigenvalue weighted by molar-refractivity contribution is 0.251. The van der Waals surface area contributed by atoms with Crippen molar-refractivity contribution in [1.29, 1.82) is 0 Å². The Labute approximate surface area is 130 Å². The molecule has 0 amide bonds. The normalized spacial score (nSPS) is 13.4. The smallest absolute Gasteiger partial charge is 0.240 e. The number of halogens is 2. The molecule has 0 radical (unpaired) electrons. The fourth-order valence-corrected chi connectivity index (χ4v) is 3.40. The van der Waals surface area contributed by atoms with Crippen LogP contribution in [0.3, 0.4) is 0 Å². The average Bonchev–Trinajstić information content (AvgIpc) is 2.39. The Morgan fingerprint density at radius 3 is 2.50 bits per heavy atom. The third-order valence-electron chi connectivity index (χ3n) is 3.00. The molecule has 7 heteroatoms. The first-order chi connectivity index (χ1) is 9.40. The lowest BCUT2D eigenvalue weighted by Crippen LogP contribution is -2.30. The summed E-state index contributed by atoms with van der Waals surface area (Å²) in [6.45, 7) is 2.38. The Morgan fingerprint density at radius 1 is 1.25 bits per heavy atom. The molecule has 0 saturated carbocycles. The van der Waals surface area contributed by atoms with E-state index in [0.29, 0.717) is 18.0 Å². The first-order valence-corrected chi connectivity index (χ1v) is 8.70. The largest absolute Gasteiger partial charge is 0.396 e. The van der Waals surface area contributed by atoms with Crippen molar-refractivity contribution in [3.63, 3.8) is 0 Å². The SMILES string of the molecule is CCCC(CCO)CNS(=O)(=O)c1ccc(Cl)c(Cl)c1. The summed E-state index contributed by atoms with van der Waals surface area (Å²) in [4.78, 5) is 0.0890. The van der Waals surface area contributed by atoms with Gasteiger partial charge in [0.25, 0.3) is 0 Å². The Balaban J connectivity index is 2.75. The quantitative estimate of drug-likeness (QED) is 0.764. The first kappa shape index (κ1) is 17.7. The van der Waals surface area contributed by atoms with Crippen molar-refractivity contribution < 1.29 is 13.5 Å². The van der Waals surface area contributed by atoms with E-state index in [-0.39, 0.29) is 22.4 Å². The van der Waals surface area contributed by atoms with Crippen molar-refractivity contribution in [1.82, 2.24) is 4.72 Å². The van der Waals surface area contributed by atoms with E-state index in [1.54, 1.807) is 0 Å². The van der Waals surface area contributed by atoms with Gasteiger partial charge in [-0.1, -0.05) is 36.5 Å². The minimum atomic E-state index is -3.61. The van der Waals surface area contributed by atoms with Gasteiger partial charge >= 0.3 is 0 Å². The molecule has 0 aromatic heterocycles. The molecule has 0 aliphatic carbocycles. The van der Waals surface area contributed by atoms with Gasteiger partial charge in [-0.15, -0.1) is 0 Å². The molecule has 1 atom stereocenters. The zero-order valence-corrected chi connectivity index (χ0v) is 13.6. The number of hydrogen-bond donors (Lipinski definition) is 2. The number of nitrogens with one attached hydrogen (secondary N) is 1. The molecule has 20 heavy (non-hydrogen) atoms. The van der Waals surface area contributed by atoms with Gasteiger partial charge in [0, 0.05) is 13.2 Å². The molecule has 0 fully saturated rings. The first-order valence-electron chi connectivity index (χ1n) is 6.46. The van der Waals surface area contributed by atoms with E-state index in [9.17, 15) is 8.42 Å². The lowest BCUT2D eigenvalue weighted by Gasteiger charge is -2.16. The standard InChI is InChI=1S/C13H19Cl2NO3S/c1-2-3-10(6-7-17)9-16-20(18,19)11-4-5-12(14)13(15)8-11/h4-5,8,10,16-17H,2-3,6-7,9H2,1H3. The van der Waals surface area contributed by atoms with Crippen molar-refractivity contribution in [3.8, 4) is 0 Å². The maximum atomic E-state index is 12.1. The van der Waals surface area contributed by atoms with Crippen LogP contribution >= 0.6 is 23.2 Å². The molecule has 0 aliphatic heterocycles. The summed E-state index contributed by atoms with van der Waals surface area (Å²) in [7, 11) is -3.61. The highest BCUT2D eigenvalue weighted by molar-refractivity contribution is 7.89. The molecule has 1 rings (SSSR count). The zero-order chi connectivity index (χ0) is 15.2. The van der Waals surface area contributed by atoms with Gasteiger partial charge in [0.1, 0.15) is 0 Å². The molecule has 1 unspecified atom stereocenters. The van der Waals surface area contributed by atoms with E-state index in [1.165, 1.54) is 18.2 Å². The predicted octanol–water partition coefficient (Wildman–Crippen LogP) is 3.07. The minimum absolute atomic E-state index is 0.0547. The Morgan fingerprint density at radius 2 is 1.95 bits per heavy atom. The van der Waals surface area contributed by atoms with E-state index in [4.69, 9.17) is 28.3 Å². The summed E-state index contributed by atoms with van der Waals surface area (Å²) in [5, 5.41) is 9.49. The highest BCUT2D eigenvalue weighted by Gasteiger charge is 2.17. The second kappa shape index (κ2) is 8.20. The molecule has 1 aromatic rings. The fourth-order valence-electron chi connectivity index (χ4n) is 1.89. The maximum absolute atomic E-state index is 12.1. The van der Waals surface area contributed by atoms with Crippen LogP contribution in [0.2, 0.25) is 10.0 Å². The highest BCUT2D eigenvalue weighted by atomic mass is 35.5. The van der Waals surface area contributed by atoms with Gasteiger partial charge < -0.3 is 5.11 Å². The van der Waals surface area contributed by atoms with Gasteiger partial charge in [-0.3, -0.25) is 0 Å². The zero-order valence-electron chi connectivity index (χ0n) is 11.3. The third-order valence-corrected chi connectivity index (χ3v) is 5.16. The Bertz CT molecular complexity index is 528. The van der Waals surface area contributed by atoms with Crippen molar-refractivity contribution in [3.05, 3.63) is 28.2 Å². The summed E-state index contributed by atoms with van der Waals surface area (Å²) in [6.07, 6.45) is 2.39. The average molecular weight is 340 g/mol. The molecule has 0 aliphatic rings. The van der Waals surface area contributed by atoms with Crippen LogP contribution in [0.5, 0.6) is 0 Å². The van der Waals surface area contributed by atoms with E-state index in [1.807, 2.05) is 6.92 Å². The number of sulfonamides is 1. The predicted molar refractivity (Wildman–Crippen MR) is 81.8 cm³/mol. The monoisotopic (exact) mass is 339 g/mol. The Kier molecular flexibility index (Phi) is 7.26. The summed E-state index contributed by atoms with van der Waals surface area (Å²) >= 11 is 11.6. The molecular weight excluding hydrogens is 321 g/mol. The van der Waals surface area contributed by atoms with Crippen LogP contribution in [0, 0.1) is 5.92 Å². The van der Waals surface area contributed by atoms with E-state index in [2.05, 4.69) is 4.72 Å². The van der Waals surface area contributed by atoms with E-state index >= 15 is 0 Å². The van der Waals surface area contributed by atoms with Crippen LogP contribution < -0.4 is 4.72 Å². The van der Waals surface area contributed by atoms with Gasteiger partial charge in [0.2, 0.25) is 10.0 Å². The number of hydrogen-bond acceptors (Lipinski definition) is 3. The van der Waals surface area contributed by atoms with Gasteiger partial charge in [0.15, 0.2) is 0 Å². The van der Waals surface area contributed by atoms with Crippen LogP contribution in [0.4, 0.5) is 0 Å². The summed E-state index contributed by atoms with van der Waals surface area (Å²) in [5.74, 6) is 0.127. The van der Waals surface area contributed by atoms with Gasteiger partial charge in [-0.25, -0.2) is 13.1 Å². The van der Waals surface area contributed by atoms with E-state index < -0.39 is 10.0 Å². The second-order valence-electron chi connectivity index (χ2n) is 4.59. The van der Waals surface area contributed by atoms with Crippen LogP contribution in [0.25, 0.3) is 0 Å². The van der Waals surface area contributed by atoms with Crippen LogP contribution in [-0.2, 0) is 10.0 Å². The van der Waals surface area contributed by atoms with Crippen LogP contribution in [-0.4, -0.2) is 26.7 Å². The number of aliphatic hydroxyl groups excluding tert-OH is 1. The van der Waals surface area contributed by atoms with Crippen molar-refractivity contribution in [2.24, 2.45) is 5.92 Å². The molecule has 114 valence electrons. The van der Waals surface area contributed by atoms with Crippen molar-refractivity contribution in [2.75, 3.05) is 13.2 Å².